The van der Waals surface area contributed by atoms with Gasteiger partial charge in [-0.05, 0) is 32.9 Å². The van der Waals surface area contributed by atoms with Crippen LogP contribution in [-0.2, 0) is 28.6 Å². The summed E-state index contributed by atoms with van der Waals surface area (Å²) < 4.78 is 20.3. The summed E-state index contributed by atoms with van der Waals surface area (Å²) in [5, 5.41) is 11.8. The molecule has 3 aliphatic rings. The largest absolute Gasteiger partial charge is 0.478 e. The van der Waals surface area contributed by atoms with E-state index in [1.54, 1.807) is 31.2 Å². The summed E-state index contributed by atoms with van der Waals surface area (Å²) in [7, 11) is 0. The highest BCUT2D eigenvalue weighted by Crippen LogP contribution is 2.67. The predicted molar refractivity (Wildman–Crippen MR) is 139 cm³/mol. The number of thioether (sulfide) groups is 1. The smallest absolute Gasteiger partial charge is 0.339 e. The first-order valence-corrected chi connectivity index (χ1v) is 13.5. The molecule has 12 nitrogen and oxygen atoms in total. The summed E-state index contributed by atoms with van der Waals surface area (Å²) >= 11 is 1.02. The van der Waals surface area contributed by atoms with Crippen LogP contribution in [0.2, 0.25) is 0 Å². The third-order valence-electron chi connectivity index (χ3n) is 7.34. The van der Waals surface area contributed by atoms with Crippen molar-refractivity contribution in [2.24, 2.45) is 5.92 Å². The molecule has 0 radical (unpaired) electrons. The number of Topliss-reactive ketones (excluding diaryl/α,β-unsaturated/α-hetero) is 1. The standard InChI is InChI=1S/C27H26N2O10S/c1-4-36-23(31)20-26(24(32)37-5-2,25(33)38-6-3)28-14-39-18-12-11-15(29(34)35)13-17(18)21(28)27(20)22(30)16-9-7-8-10-19(16)40-27/h7-13,20-21H,4-6,14H2,1-3H3/t20-,21-,27-/m1/s1. The van der Waals surface area contributed by atoms with Crippen LogP contribution >= 0.6 is 11.8 Å². The maximum absolute atomic E-state index is 14.5. The number of nitrogens with zero attached hydrogens (tertiary/aromatic N) is 2. The van der Waals surface area contributed by atoms with Crippen molar-refractivity contribution in [1.29, 1.82) is 0 Å². The Labute approximate surface area is 233 Å². The first-order chi connectivity index (χ1) is 19.2. The topological polar surface area (TPSA) is 152 Å². The average Bonchev–Trinajstić information content (AvgIpc) is 3.38. The second-order valence-electron chi connectivity index (χ2n) is 9.24. The van der Waals surface area contributed by atoms with Crippen LogP contribution < -0.4 is 4.74 Å². The van der Waals surface area contributed by atoms with Crippen LogP contribution in [0.15, 0.2) is 47.4 Å². The SMILES string of the molecule is CCOC(=O)[C@@H]1C(C(=O)OCC)(C(=O)OCC)N2COc3ccc([N+](=O)[O-])cc3[C@@H]2[C@]12Sc1ccccc1C2=O. The number of non-ortho nitro benzene ring substituents is 1. The number of hydrogen-bond donors (Lipinski definition) is 0. The van der Waals surface area contributed by atoms with Crippen molar-refractivity contribution in [3.63, 3.8) is 0 Å². The third kappa shape index (κ3) is 3.64. The number of rotatable bonds is 7. The van der Waals surface area contributed by atoms with Gasteiger partial charge >= 0.3 is 17.9 Å². The summed E-state index contributed by atoms with van der Waals surface area (Å²) in [6, 6.07) is 9.33. The minimum absolute atomic E-state index is 0.109. The van der Waals surface area contributed by atoms with Crippen LogP contribution in [0.4, 0.5) is 5.69 Å². The second kappa shape index (κ2) is 10.2. The van der Waals surface area contributed by atoms with Gasteiger partial charge in [-0.15, -0.1) is 11.8 Å². The molecule has 2 aromatic carbocycles. The average molecular weight is 571 g/mol. The lowest BCUT2D eigenvalue weighted by Crippen LogP contribution is -2.65. The lowest BCUT2D eigenvalue weighted by molar-refractivity contribution is -0.385. The lowest BCUT2D eigenvalue weighted by Gasteiger charge is -2.40. The van der Waals surface area contributed by atoms with Crippen molar-refractivity contribution in [2.45, 2.75) is 42.0 Å². The summed E-state index contributed by atoms with van der Waals surface area (Å²) in [5.41, 5.74) is -2.36. The number of hydrogen-bond acceptors (Lipinski definition) is 12. The Morgan fingerprint density at radius 3 is 2.30 bits per heavy atom. The Morgan fingerprint density at radius 2 is 1.70 bits per heavy atom. The molecule has 13 heteroatoms. The number of fused-ring (bicyclic) bond motifs is 5. The van der Waals surface area contributed by atoms with Gasteiger partial charge in [0.25, 0.3) is 5.69 Å². The van der Waals surface area contributed by atoms with Crippen LogP contribution in [0, 0.1) is 16.0 Å². The van der Waals surface area contributed by atoms with Crippen molar-refractivity contribution in [3.8, 4) is 5.75 Å². The molecule has 3 aliphatic heterocycles. The first kappa shape index (κ1) is 27.6. The fourth-order valence-electron chi connectivity index (χ4n) is 5.94. The lowest BCUT2D eigenvalue weighted by atomic mass is 9.73. The molecule has 0 aliphatic carbocycles. The number of benzene rings is 2. The molecular formula is C27H26N2O10S. The van der Waals surface area contributed by atoms with E-state index in [2.05, 4.69) is 0 Å². The fraction of sp³-hybridized carbons (Fsp3) is 0.407. The zero-order chi connectivity index (χ0) is 28.8. The minimum atomic E-state index is -2.50. The molecule has 1 spiro atoms. The molecule has 0 bridgehead atoms. The van der Waals surface area contributed by atoms with Crippen LogP contribution in [0.3, 0.4) is 0 Å². The molecule has 0 unspecified atom stereocenters. The molecule has 2 aromatic rings. The number of carbonyl (C=O) groups is 4. The highest BCUT2D eigenvalue weighted by Gasteiger charge is 2.82. The summed E-state index contributed by atoms with van der Waals surface area (Å²) in [5.74, 6) is -5.30. The Morgan fingerprint density at radius 1 is 1.05 bits per heavy atom. The summed E-state index contributed by atoms with van der Waals surface area (Å²) in [4.78, 5) is 69.5. The van der Waals surface area contributed by atoms with Gasteiger partial charge in [0.2, 0.25) is 5.54 Å². The van der Waals surface area contributed by atoms with Crippen LogP contribution in [0.5, 0.6) is 5.75 Å². The van der Waals surface area contributed by atoms with E-state index < -0.39 is 57.6 Å². The van der Waals surface area contributed by atoms with Crippen molar-refractivity contribution in [1.82, 2.24) is 4.90 Å². The second-order valence-corrected chi connectivity index (χ2v) is 10.6. The molecule has 0 aromatic heterocycles. The fourth-order valence-corrected chi connectivity index (χ4v) is 7.67. The zero-order valence-corrected chi connectivity index (χ0v) is 22.7. The quantitative estimate of drug-likeness (QED) is 0.158. The molecule has 0 N–H and O–H groups in total. The number of esters is 3. The Kier molecular flexibility index (Phi) is 7.04. The van der Waals surface area contributed by atoms with Crippen molar-refractivity contribution < 1.29 is 43.0 Å². The molecule has 0 amide bonds. The summed E-state index contributed by atoms with van der Waals surface area (Å²) in [6.07, 6.45) is 0. The Balaban J connectivity index is 1.90. The maximum Gasteiger partial charge on any atom is 0.339 e. The Hall–Kier alpha value is -3.97. The molecule has 1 fully saturated rings. The zero-order valence-electron chi connectivity index (χ0n) is 21.9. The van der Waals surface area contributed by atoms with Crippen molar-refractivity contribution in [3.05, 3.63) is 63.7 Å². The summed E-state index contributed by atoms with van der Waals surface area (Å²) in [6.45, 7) is 3.81. The number of nitro groups is 1. The molecule has 5 rings (SSSR count). The van der Waals surface area contributed by atoms with E-state index in [4.69, 9.17) is 18.9 Å². The molecule has 3 atom stereocenters. The third-order valence-corrected chi connectivity index (χ3v) is 8.89. The number of carbonyl (C=O) groups excluding carboxylic acids is 4. The predicted octanol–water partition coefficient (Wildman–Crippen LogP) is 3.07. The van der Waals surface area contributed by atoms with E-state index in [1.165, 1.54) is 36.9 Å². The Bertz CT molecular complexity index is 1410. The molecule has 3 heterocycles. The van der Waals surface area contributed by atoms with E-state index >= 15 is 0 Å². The molecule has 0 saturated carbocycles. The van der Waals surface area contributed by atoms with E-state index in [-0.39, 0.29) is 42.4 Å². The number of ketones is 1. The molecule has 1 saturated heterocycles. The van der Waals surface area contributed by atoms with Gasteiger partial charge in [0.1, 0.15) is 23.1 Å². The van der Waals surface area contributed by atoms with Crippen LogP contribution in [-0.4, -0.2) is 70.4 Å². The van der Waals surface area contributed by atoms with Gasteiger partial charge in [-0.2, -0.15) is 0 Å². The molecule has 40 heavy (non-hydrogen) atoms. The van der Waals surface area contributed by atoms with E-state index in [0.29, 0.717) is 4.90 Å². The number of ether oxygens (including phenoxy) is 4. The molecule has 210 valence electrons. The monoisotopic (exact) mass is 570 g/mol. The van der Waals surface area contributed by atoms with Crippen LogP contribution in [0.1, 0.15) is 42.7 Å². The van der Waals surface area contributed by atoms with Gasteiger partial charge < -0.3 is 18.9 Å². The highest BCUT2D eigenvalue weighted by molar-refractivity contribution is 8.02. The van der Waals surface area contributed by atoms with Gasteiger partial charge in [0.15, 0.2) is 5.78 Å². The highest BCUT2D eigenvalue weighted by atomic mass is 32.2. The molecular weight excluding hydrogens is 544 g/mol. The van der Waals surface area contributed by atoms with Gasteiger partial charge in [-0.1, -0.05) is 18.2 Å². The van der Waals surface area contributed by atoms with Crippen molar-refractivity contribution in [2.75, 3.05) is 26.6 Å². The number of nitro benzene ring substituents is 1. The van der Waals surface area contributed by atoms with Gasteiger partial charge in [0, 0.05) is 28.2 Å². The van der Waals surface area contributed by atoms with Crippen molar-refractivity contribution >= 4 is 41.1 Å². The first-order valence-electron chi connectivity index (χ1n) is 12.7. The van der Waals surface area contributed by atoms with Crippen LogP contribution in [0.25, 0.3) is 0 Å². The van der Waals surface area contributed by atoms with Gasteiger partial charge in [-0.25, -0.2) is 14.5 Å². The normalized spacial score (nSPS) is 23.9. The van der Waals surface area contributed by atoms with E-state index in [1.807, 2.05) is 0 Å². The van der Waals surface area contributed by atoms with Gasteiger partial charge in [-0.3, -0.25) is 19.7 Å². The maximum atomic E-state index is 14.5. The van der Waals surface area contributed by atoms with E-state index in [0.717, 1.165) is 11.8 Å². The minimum Gasteiger partial charge on any atom is -0.478 e. The van der Waals surface area contributed by atoms with Gasteiger partial charge in [0.05, 0.1) is 30.8 Å². The van der Waals surface area contributed by atoms with E-state index in [9.17, 15) is 29.3 Å².